The molecule has 1 rings (SSSR count). The van der Waals surface area contributed by atoms with Crippen LogP contribution in [0.5, 0.6) is 0 Å². The van der Waals surface area contributed by atoms with Crippen LogP contribution in [0.25, 0.3) is 0 Å². The van der Waals surface area contributed by atoms with Crippen LogP contribution in [-0.4, -0.2) is 25.8 Å². The highest BCUT2D eigenvalue weighted by molar-refractivity contribution is 9.08. The smallest absolute Gasteiger partial charge is 0.207 e. The predicted octanol–water partition coefficient (Wildman–Crippen LogP) is 2.75. The van der Waals surface area contributed by atoms with E-state index in [2.05, 4.69) is 22.0 Å². The van der Waals surface area contributed by atoms with Crippen LogP contribution < -0.4 is 0 Å². The summed E-state index contributed by atoms with van der Waals surface area (Å²) in [6.45, 7) is 4.06. The van der Waals surface area contributed by atoms with Crippen LogP contribution in [0, 0.1) is 17.2 Å². The van der Waals surface area contributed by atoms with E-state index in [1.54, 1.807) is 38.1 Å². The number of hydrogen-bond acceptors (Lipinski definition) is 3. The summed E-state index contributed by atoms with van der Waals surface area (Å²) in [5.74, 6) is -0.323. The first kappa shape index (κ1) is 16.2. The van der Waals surface area contributed by atoms with Crippen molar-refractivity contribution in [3.8, 4) is 6.07 Å². The highest BCUT2D eigenvalue weighted by Gasteiger charge is 2.24. The second-order valence-electron chi connectivity index (χ2n) is 4.26. The fourth-order valence-corrected chi connectivity index (χ4v) is 3.55. The summed E-state index contributed by atoms with van der Waals surface area (Å²) < 4.78 is 26.2. The zero-order chi connectivity index (χ0) is 14.5. The van der Waals surface area contributed by atoms with Crippen molar-refractivity contribution in [3.05, 3.63) is 29.8 Å². The van der Waals surface area contributed by atoms with Gasteiger partial charge in [-0.1, -0.05) is 35.0 Å². The molecule has 0 aromatic heterocycles. The summed E-state index contributed by atoms with van der Waals surface area (Å²) in [4.78, 5) is 0.268. The molecular formula is C13H17BrN2O2S. The lowest BCUT2D eigenvalue weighted by atomic mass is 10.2. The lowest BCUT2D eigenvalue weighted by Crippen LogP contribution is -2.34. The maximum Gasteiger partial charge on any atom is 0.243 e. The molecule has 1 aromatic carbocycles. The van der Waals surface area contributed by atoms with E-state index >= 15 is 0 Å². The molecule has 0 amide bonds. The van der Waals surface area contributed by atoms with Gasteiger partial charge in [0.2, 0.25) is 10.0 Å². The van der Waals surface area contributed by atoms with Gasteiger partial charge in [-0.3, -0.25) is 0 Å². The summed E-state index contributed by atoms with van der Waals surface area (Å²) in [7, 11) is -3.51. The highest BCUT2D eigenvalue weighted by atomic mass is 79.9. The largest absolute Gasteiger partial charge is 0.243 e. The Morgan fingerprint density at radius 3 is 2.37 bits per heavy atom. The van der Waals surface area contributed by atoms with Gasteiger partial charge >= 0.3 is 0 Å². The minimum atomic E-state index is -3.51. The quantitative estimate of drug-likeness (QED) is 0.745. The summed E-state index contributed by atoms with van der Waals surface area (Å²) >= 11 is 3.32. The van der Waals surface area contributed by atoms with Gasteiger partial charge in [-0.05, 0) is 24.6 Å². The van der Waals surface area contributed by atoms with Crippen LogP contribution in [0.4, 0.5) is 0 Å². The third kappa shape index (κ3) is 4.03. The van der Waals surface area contributed by atoms with Crippen molar-refractivity contribution in [1.29, 1.82) is 5.26 Å². The average Bonchev–Trinajstić information content (AvgIpc) is 2.44. The topological polar surface area (TPSA) is 61.2 Å². The first-order chi connectivity index (χ1) is 8.95. The number of sulfonamides is 1. The van der Waals surface area contributed by atoms with Crippen molar-refractivity contribution in [2.45, 2.75) is 24.1 Å². The van der Waals surface area contributed by atoms with Gasteiger partial charge in [-0.15, -0.1) is 0 Å². The standard InChI is InChI=1S/C13H17BrN2O2S/c1-3-16(10-11(2)9-15)19(17,18)13-6-4-12(8-14)5-7-13/h4-7,11H,3,8,10H2,1-2H3. The predicted molar refractivity (Wildman–Crippen MR) is 78.3 cm³/mol. The molecule has 0 heterocycles. The first-order valence-corrected chi connectivity index (χ1v) is 8.56. The van der Waals surface area contributed by atoms with E-state index in [1.807, 2.05) is 0 Å². The Kier molecular flexibility index (Phi) is 5.98. The summed E-state index contributed by atoms with van der Waals surface area (Å²) in [5.41, 5.74) is 1.02. The molecular weight excluding hydrogens is 328 g/mol. The molecule has 4 nitrogen and oxygen atoms in total. The number of nitrogens with zero attached hydrogens (tertiary/aromatic N) is 2. The zero-order valence-electron chi connectivity index (χ0n) is 11.0. The third-order valence-electron chi connectivity index (χ3n) is 2.77. The average molecular weight is 345 g/mol. The molecule has 1 aromatic rings. The van der Waals surface area contributed by atoms with E-state index in [9.17, 15) is 8.42 Å². The van der Waals surface area contributed by atoms with E-state index in [1.165, 1.54) is 4.31 Å². The summed E-state index contributed by atoms with van der Waals surface area (Å²) in [5, 5.41) is 9.50. The number of hydrogen-bond donors (Lipinski definition) is 0. The Morgan fingerprint density at radius 1 is 1.37 bits per heavy atom. The fourth-order valence-electron chi connectivity index (χ4n) is 1.64. The number of alkyl halides is 1. The molecule has 0 aliphatic rings. The molecule has 0 aliphatic carbocycles. The van der Waals surface area contributed by atoms with Gasteiger partial charge in [-0.25, -0.2) is 8.42 Å². The maximum atomic E-state index is 12.4. The van der Waals surface area contributed by atoms with E-state index in [4.69, 9.17) is 5.26 Å². The van der Waals surface area contributed by atoms with Crippen molar-refractivity contribution in [3.63, 3.8) is 0 Å². The Bertz CT molecular complexity index is 549. The Balaban J connectivity index is 3.03. The normalized spacial score (nSPS) is 13.2. The Labute approximate surface area is 123 Å². The van der Waals surface area contributed by atoms with Gasteiger partial charge in [-0.2, -0.15) is 9.57 Å². The van der Waals surface area contributed by atoms with Crippen molar-refractivity contribution >= 4 is 26.0 Å². The number of halogens is 1. The first-order valence-electron chi connectivity index (χ1n) is 6.00. The second-order valence-corrected chi connectivity index (χ2v) is 6.76. The molecule has 0 aliphatic heterocycles. The molecule has 1 unspecified atom stereocenters. The minimum Gasteiger partial charge on any atom is -0.207 e. The molecule has 104 valence electrons. The van der Waals surface area contributed by atoms with Crippen molar-refractivity contribution in [2.75, 3.05) is 13.1 Å². The Morgan fingerprint density at radius 2 is 1.95 bits per heavy atom. The zero-order valence-corrected chi connectivity index (χ0v) is 13.4. The van der Waals surface area contributed by atoms with Crippen molar-refractivity contribution in [1.82, 2.24) is 4.31 Å². The van der Waals surface area contributed by atoms with Crippen LogP contribution >= 0.6 is 15.9 Å². The molecule has 1 atom stereocenters. The fraction of sp³-hybridized carbons (Fsp3) is 0.462. The molecule has 19 heavy (non-hydrogen) atoms. The van der Waals surface area contributed by atoms with E-state index < -0.39 is 10.0 Å². The molecule has 0 saturated carbocycles. The SMILES string of the molecule is CCN(CC(C)C#N)S(=O)(=O)c1ccc(CBr)cc1. The molecule has 0 N–H and O–H groups in total. The Hall–Kier alpha value is -0.900. The van der Waals surface area contributed by atoms with Crippen LogP contribution in [0.1, 0.15) is 19.4 Å². The summed E-state index contributed by atoms with van der Waals surface area (Å²) in [6.07, 6.45) is 0. The van der Waals surface area contributed by atoms with Crippen molar-refractivity contribution < 1.29 is 8.42 Å². The van der Waals surface area contributed by atoms with Gasteiger partial charge in [0, 0.05) is 18.4 Å². The van der Waals surface area contributed by atoms with Crippen LogP contribution in [-0.2, 0) is 15.4 Å². The van der Waals surface area contributed by atoms with Gasteiger partial charge in [0.1, 0.15) is 0 Å². The minimum absolute atomic E-state index is 0.218. The van der Waals surface area contributed by atoms with E-state index in [-0.39, 0.29) is 17.4 Å². The molecule has 0 fully saturated rings. The molecule has 0 bridgehead atoms. The lowest BCUT2D eigenvalue weighted by molar-refractivity contribution is 0.400. The van der Waals surface area contributed by atoms with Crippen LogP contribution in [0.3, 0.4) is 0 Å². The van der Waals surface area contributed by atoms with Gasteiger partial charge in [0.05, 0.1) is 16.9 Å². The molecule has 0 radical (unpaired) electrons. The molecule has 0 saturated heterocycles. The number of benzene rings is 1. The van der Waals surface area contributed by atoms with Gasteiger partial charge in [0.25, 0.3) is 0 Å². The maximum absolute atomic E-state index is 12.4. The van der Waals surface area contributed by atoms with Gasteiger partial charge in [0.15, 0.2) is 0 Å². The van der Waals surface area contributed by atoms with Crippen molar-refractivity contribution in [2.24, 2.45) is 5.92 Å². The third-order valence-corrected chi connectivity index (χ3v) is 5.37. The highest BCUT2D eigenvalue weighted by Crippen LogP contribution is 2.18. The molecule has 6 heteroatoms. The van der Waals surface area contributed by atoms with E-state index in [0.717, 1.165) is 5.56 Å². The second kappa shape index (κ2) is 7.04. The number of rotatable bonds is 6. The van der Waals surface area contributed by atoms with Gasteiger partial charge < -0.3 is 0 Å². The van der Waals surface area contributed by atoms with E-state index in [0.29, 0.717) is 11.9 Å². The lowest BCUT2D eigenvalue weighted by Gasteiger charge is -2.21. The number of nitriles is 1. The monoisotopic (exact) mass is 344 g/mol. The summed E-state index contributed by atoms with van der Waals surface area (Å²) in [6, 6.07) is 8.83. The van der Waals surface area contributed by atoms with Crippen LogP contribution in [0.2, 0.25) is 0 Å². The molecule has 0 spiro atoms. The van der Waals surface area contributed by atoms with Crippen LogP contribution in [0.15, 0.2) is 29.2 Å².